The van der Waals surface area contributed by atoms with Crippen LogP contribution in [0.15, 0.2) is 0 Å². The fourth-order valence-electron chi connectivity index (χ4n) is 1.54. The van der Waals surface area contributed by atoms with Crippen LogP contribution in [0.5, 0.6) is 0 Å². The summed E-state index contributed by atoms with van der Waals surface area (Å²) in [7, 11) is 1.22. The van der Waals surface area contributed by atoms with Crippen LogP contribution in [-0.2, 0) is 19.1 Å². The second-order valence-corrected chi connectivity index (χ2v) is 3.57. The number of hydrogen-bond donors (Lipinski definition) is 1. The van der Waals surface area contributed by atoms with Gasteiger partial charge in [0.25, 0.3) is 0 Å². The third-order valence-corrected chi connectivity index (χ3v) is 2.53. The fraction of sp³-hybridized carbons (Fsp3) is 0.600. The Morgan fingerprint density at radius 2 is 2.06 bits per heavy atom. The highest BCUT2D eigenvalue weighted by atomic mass is 16.5. The molecule has 0 aliphatic carbocycles. The maximum absolute atomic E-state index is 11.8. The molecule has 0 saturated carbocycles. The molecule has 1 atom stereocenters. The second kappa shape index (κ2) is 5.42. The molecule has 0 aromatic heterocycles. The van der Waals surface area contributed by atoms with Crippen molar-refractivity contribution in [3.63, 3.8) is 0 Å². The average molecular weight is 242 g/mol. The molecule has 7 nitrogen and oxygen atoms in total. The van der Waals surface area contributed by atoms with Crippen LogP contribution in [0.2, 0.25) is 0 Å². The molecule has 0 aromatic rings. The molecule has 0 radical (unpaired) electrons. The predicted octanol–water partition coefficient (Wildman–Crippen LogP) is -0.346. The van der Waals surface area contributed by atoms with Crippen molar-refractivity contribution in [3.8, 4) is 0 Å². The first-order chi connectivity index (χ1) is 8.01. The number of imide groups is 2. The van der Waals surface area contributed by atoms with E-state index in [1.807, 2.05) is 0 Å². The van der Waals surface area contributed by atoms with E-state index in [-0.39, 0.29) is 13.0 Å². The molecule has 94 valence electrons. The first-order valence-corrected chi connectivity index (χ1v) is 5.24. The van der Waals surface area contributed by atoms with Crippen molar-refractivity contribution in [1.82, 2.24) is 10.2 Å². The molecule has 1 aliphatic rings. The molecular formula is C10H14N2O5. The van der Waals surface area contributed by atoms with E-state index in [0.29, 0.717) is 6.42 Å². The summed E-state index contributed by atoms with van der Waals surface area (Å²) in [4.78, 5) is 46.3. The minimum Gasteiger partial charge on any atom is -0.469 e. The van der Waals surface area contributed by atoms with Gasteiger partial charge in [-0.1, -0.05) is 6.92 Å². The number of esters is 1. The van der Waals surface area contributed by atoms with Gasteiger partial charge in [0, 0.05) is 6.54 Å². The van der Waals surface area contributed by atoms with Gasteiger partial charge in [-0.2, -0.15) is 0 Å². The number of ether oxygens (including phenoxy) is 1. The lowest BCUT2D eigenvalue weighted by Gasteiger charge is -2.29. The van der Waals surface area contributed by atoms with Crippen molar-refractivity contribution in [2.75, 3.05) is 13.7 Å². The van der Waals surface area contributed by atoms with Gasteiger partial charge in [0.2, 0.25) is 11.8 Å². The highest BCUT2D eigenvalue weighted by Crippen LogP contribution is 2.14. The number of carbonyl (C=O) groups excluding carboxylic acids is 4. The molecule has 17 heavy (non-hydrogen) atoms. The van der Waals surface area contributed by atoms with E-state index in [2.05, 4.69) is 10.1 Å². The summed E-state index contributed by atoms with van der Waals surface area (Å²) in [5.41, 5.74) is 0. The molecule has 1 fully saturated rings. The Kier molecular flexibility index (Phi) is 4.19. The van der Waals surface area contributed by atoms with E-state index in [1.54, 1.807) is 6.92 Å². The zero-order chi connectivity index (χ0) is 13.0. The highest BCUT2D eigenvalue weighted by molar-refractivity contribution is 6.16. The quantitative estimate of drug-likeness (QED) is 0.537. The number of barbiturate groups is 1. The van der Waals surface area contributed by atoms with Crippen LogP contribution in [0.4, 0.5) is 4.79 Å². The summed E-state index contributed by atoms with van der Waals surface area (Å²) in [6.07, 6.45) is 0.229. The van der Waals surface area contributed by atoms with E-state index in [9.17, 15) is 19.2 Å². The SMILES string of the molecule is CCC1C(=O)NC(=O)N(CCC(=O)OC)C1=O. The Balaban J connectivity index is 2.70. The number of nitrogens with zero attached hydrogens (tertiary/aromatic N) is 1. The van der Waals surface area contributed by atoms with Crippen molar-refractivity contribution >= 4 is 23.8 Å². The number of urea groups is 1. The van der Waals surface area contributed by atoms with Gasteiger partial charge in [-0.05, 0) is 6.42 Å². The Morgan fingerprint density at radius 1 is 1.41 bits per heavy atom. The molecule has 0 bridgehead atoms. The van der Waals surface area contributed by atoms with Crippen LogP contribution >= 0.6 is 0 Å². The predicted molar refractivity (Wildman–Crippen MR) is 55.7 cm³/mol. The molecule has 1 unspecified atom stereocenters. The molecule has 1 N–H and O–H groups in total. The van der Waals surface area contributed by atoms with Gasteiger partial charge in [0.1, 0.15) is 5.92 Å². The Labute approximate surface area is 98.1 Å². The van der Waals surface area contributed by atoms with Gasteiger partial charge in [0.15, 0.2) is 0 Å². The summed E-state index contributed by atoms with van der Waals surface area (Å²) >= 11 is 0. The van der Waals surface area contributed by atoms with E-state index >= 15 is 0 Å². The van der Waals surface area contributed by atoms with Crippen molar-refractivity contribution in [1.29, 1.82) is 0 Å². The Morgan fingerprint density at radius 3 is 2.59 bits per heavy atom. The van der Waals surface area contributed by atoms with Gasteiger partial charge in [-0.15, -0.1) is 0 Å². The minimum absolute atomic E-state index is 0.0822. The summed E-state index contributed by atoms with van der Waals surface area (Å²) in [5.74, 6) is -2.53. The zero-order valence-corrected chi connectivity index (χ0v) is 9.69. The van der Waals surface area contributed by atoms with E-state index < -0.39 is 29.7 Å². The normalized spacial score (nSPS) is 20.2. The van der Waals surface area contributed by atoms with E-state index in [4.69, 9.17) is 0 Å². The number of carbonyl (C=O) groups is 4. The smallest absolute Gasteiger partial charge is 0.330 e. The third kappa shape index (κ3) is 2.80. The molecule has 0 aromatic carbocycles. The van der Waals surface area contributed by atoms with Crippen molar-refractivity contribution in [3.05, 3.63) is 0 Å². The monoisotopic (exact) mass is 242 g/mol. The van der Waals surface area contributed by atoms with Crippen LogP contribution < -0.4 is 5.32 Å². The average Bonchev–Trinajstić information content (AvgIpc) is 2.28. The van der Waals surface area contributed by atoms with Gasteiger partial charge >= 0.3 is 12.0 Å². The first-order valence-electron chi connectivity index (χ1n) is 5.24. The Hall–Kier alpha value is -1.92. The van der Waals surface area contributed by atoms with Crippen LogP contribution in [0.1, 0.15) is 19.8 Å². The summed E-state index contributed by atoms with van der Waals surface area (Å²) in [6, 6.07) is -0.784. The van der Waals surface area contributed by atoms with E-state index in [1.165, 1.54) is 7.11 Å². The van der Waals surface area contributed by atoms with Crippen molar-refractivity contribution < 1.29 is 23.9 Å². The van der Waals surface area contributed by atoms with Gasteiger partial charge in [0.05, 0.1) is 13.5 Å². The van der Waals surface area contributed by atoms with Crippen molar-refractivity contribution in [2.24, 2.45) is 5.92 Å². The topological polar surface area (TPSA) is 92.8 Å². The molecule has 1 rings (SSSR count). The van der Waals surface area contributed by atoms with Crippen LogP contribution in [-0.4, -0.2) is 42.4 Å². The lowest BCUT2D eigenvalue weighted by atomic mass is 10.0. The Bertz CT molecular complexity index is 366. The lowest BCUT2D eigenvalue weighted by Crippen LogP contribution is -2.58. The van der Waals surface area contributed by atoms with Gasteiger partial charge in [-0.25, -0.2) is 4.79 Å². The third-order valence-electron chi connectivity index (χ3n) is 2.53. The number of methoxy groups -OCH3 is 1. The molecule has 1 aliphatic heterocycles. The highest BCUT2D eigenvalue weighted by Gasteiger charge is 2.39. The summed E-state index contributed by atoms with van der Waals surface area (Å²) in [6.45, 7) is 1.59. The van der Waals surface area contributed by atoms with Gasteiger partial charge < -0.3 is 4.74 Å². The summed E-state index contributed by atoms with van der Waals surface area (Å²) < 4.78 is 4.41. The number of amides is 4. The molecule has 4 amide bonds. The zero-order valence-electron chi connectivity index (χ0n) is 9.69. The van der Waals surface area contributed by atoms with Crippen LogP contribution in [0.3, 0.4) is 0 Å². The number of nitrogens with one attached hydrogen (secondary N) is 1. The molecule has 1 saturated heterocycles. The fourth-order valence-corrected chi connectivity index (χ4v) is 1.54. The molecular weight excluding hydrogens is 228 g/mol. The maximum Gasteiger partial charge on any atom is 0.330 e. The maximum atomic E-state index is 11.8. The largest absolute Gasteiger partial charge is 0.469 e. The lowest BCUT2D eigenvalue weighted by molar-refractivity contribution is -0.144. The van der Waals surface area contributed by atoms with Gasteiger partial charge in [-0.3, -0.25) is 24.6 Å². The standard InChI is InChI=1S/C10H14N2O5/c1-3-6-8(14)11-10(16)12(9(6)15)5-4-7(13)17-2/h6H,3-5H2,1-2H3,(H,11,14,16). The molecule has 7 heteroatoms. The second-order valence-electron chi connectivity index (χ2n) is 3.57. The van der Waals surface area contributed by atoms with Crippen LogP contribution in [0, 0.1) is 5.92 Å². The number of hydrogen-bond acceptors (Lipinski definition) is 5. The minimum atomic E-state index is -0.856. The molecule has 0 spiro atoms. The van der Waals surface area contributed by atoms with Crippen molar-refractivity contribution in [2.45, 2.75) is 19.8 Å². The van der Waals surface area contributed by atoms with Crippen LogP contribution in [0.25, 0.3) is 0 Å². The first kappa shape index (κ1) is 13.1. The summed E-state index contributed by atoms with van der Waals surface area (Å²) in [5, 5.41) is 2.08. The molecule has 1 heterocycles. The van der Waals surface area contributed by atoms with E-state index in [0.717, 1.165) is 4.90 Å². The number of rotatable bonds is 4.